The highest BCUT2D eigenvalue weighted by molar-refractivity contribution is 14.1. The minimum atomic E-state index is -0.644. The second-order valence-electron chi connectivity index (χ2n) is 8.42. The lowest BCUT2D eigenvalue weighted by atomic mass is 10.0. The van der Waals surface area contributed by atoms with Gasteiger partial charge in [-0.2, -0.15) is 0 Å². The maximum absolute atomic E-state index is 12.8. The average molecular weight is 525 g/mol. The Morgan fingerprint density at radius 2 is 1.70 bits per heavy atom. The Morgan fingerprint density at radius 3 is 2.23 bits per heavy atom. The molecule has 0 aliphatic heterocycles. The molecule has 0 saturated heterocycles. The molecule has 2 rings (SSSR count). The minimum Gasteiger partial charge on any atom is -0.488 e. The number of pyridine rings is 1. The molecule has 0 spiro atoms. The molecule has 0 fully saturated rings. The summed E-state index contributed by atoms with van der Waals surface area (Å²) in [5, 5.41) is 0. The predicted octanol–water partition coefficient (Wildman–Crippen LogP) is 4.57. The molecule has 1 aromatic carbocycles. The second-order valence-corrected chi connectivity index (χ2v) is 9.58. The van der Waals surface area contributed by atoms with E-state index >= 15 is 0 Å². The van der Waals surface area contributed by atoms with Crippen molar-refractivity contribution >= 4 is 34.3 Å². The van der Waals surface area contributed by atoms with Crippen molar-refractivity contribution in [3.63, 3.8) is 0 Å². The molecule has 0 radical (unpaired) electrons. The van der Waals surface area contributed by atoms with E-state index in [1.165, 1.54) is 10.6 Å². The van der Waals surface area contributed by atoms with E-state index in [1.807, 2.05) is 34.6 Å². The number of esters is 1. The van der Waals surface area contributed by atoms with Crippen LogP contribution in [0, 0.1) is 3.57 Å². The maximum atomic E-state index is 12.8. The van der Waals surface area contributed by atoms with E-state index in [-0.39, 0.29) is 23.9 Å². The third kappa shape index (κ3) is 6.68. The molecule has 7 heteroatoms. The maximum Gasteiger partial charge on any atom is 0.338 e. The number of hydrogen-bond donors (Lipinski definition) is 0. The number of aromatic nitrogens is 1. The van der Waals surface area contributed by atoms with Crippen molar-refractivity contribution in [2.75, 3.05) is 0 Å². The van der Waals surface area contributed by atoms with Crippen LogP contribution in [0.25, 0.3) is 0 Å². The first kappa shape index (κ1) is 24.1. The van der Waals surface area contributed by atoms with Crippen LogP contribution in [0.1, 0.15) is 63.5 Å². The summed E-state index contributed by atoms with van der Waals surface area (Å²) in [5.74, 6) is 0.0576. The average Bonchev–Trinajstić information content (AvgIpc) is 2.62. The van der Waals surface area contributed by atoms with Crippen molar-refractivity contribution in [1.29, 1.82) is 0 Å². The first-order valence-corrected chi connectivity index (χ1v) is 10.9. The van der Waals surface area contributed by atoms with Crippen molar-refractivity contribution in [2.45, 2.75) is 65.7 Å². The zero-order chi connectivity index (χ0) is 22.6. The van der Waals surface area contributed by atoms with Gasteiger partial charge in [-0.1, -0.05) is 12.1 Å². The Hall–Kier alpha value is -2.16. The topological polar surface area (TPSA) is 74.6 Å². The number of halogens is 1. The lowest BCUT2D eigenvalue weighted by Gasteiger charge is -2.19. The molecule has 0 N–H and O–H groups in total. The third-order valence-electron chi connectivity index (χ3n) is 4.21. The van der Waals surface area contributed by atoms with Crippen molar-refractivity contribution in [1.82, 2.24) is 4.57 Å². The van der Waals surface area contributed by atoms with Gasteiger partial charge in [0.1, 0.15) is 11.4 Å². The van der Waals surface area contributed by atoms with E-state index in [0.717, 1.165) is 5.56 Å². The van der Waals surface area contributed by atoms with Crippen LogP contribution in [-0.4, -0.2) is 28.0 Å². The lowest BCUT2D eigenvalue weighted by molar-refractivity contribution is -0.121. The zero-order valence-corrected chi connectivity index (χ0v) is 20.3. The zero-order valence-electron chi connectivity index (χ0n) is 18.2. The molecule has 162 valence electrons. The molecule has 0 bridgehead atoms. The molecular formula is C23H28INO5. The number of rotatable bonds is 7. The van der Waals surface area contributed by atoms with Gasteiger partial charge in [-0.3, -0.25) is 9.59 Å². The molecule has 0 amide bonds. The van der Waals surface area contributed by atoms with Gasteiger partial charge in [0.05, 0.1) is 27.5 Å². The molecule has 30 heavy (non-hydrogen) atoms. The fourth-order valence-electron chi connectivity index (χ4n) is 2.75. The summed E-state index contributed by atoms with van der Waals surface area (Å²) in [6, 6.07) is 7.58. The fourth-order valence-corrected chi connectivity index (χ4v) is 3.28. The molecule has 1 atom stereocenters. The van der Waals surface area contributed by atoms with Crippen LogP contribution in [0.4, 0.5) is 0 Å². The van der Waals surface area contributed by atoms with E-state index in [9.17, 15) is 14.4 Å². The van der Waals surface area contributed by atoms with Crippen LogP contribution in [0.3, 0.4) is 0 Å². The molecule has 0 saturated carbocycles. The summed E-state index contributed by atoms with van der Waals surface area (Å²) in [7, 11) is 0. The van der Waals surface area contributed by atoms with E-state index in [0.29, 0.717) is 14.9 Å². The van der Waals surface area contributed by atoms with Gasteiger partial charge in [-0.25, -0.2) is 4.79 Å². The van der Waals surface area contributed by atoms with Crippen molar-refractivity contribution in [3.8, 4) is 5.75 Å². The number of carbonyl (C=O) groups excluding carboxylic acids is 2. The van der Waals surface area contributed by atoms with Crippen LogP contribution in [0.2, 0.25) is 0 Å². The molecule has 0 aliphatic rings. The summed E-state index contributed by atoms with van der Waals surface area (Å²) >= 11 is 2.05. The molecule has 1 aromatic heterocycles. The number of hydrogen-bond acceptors (Lipinski definition) is 5. The van der Waals surface area contributed by atoms with Crippen LogP contribution in [0.5, 0.6) is 5.75 Å². The van der Waals surface area contributed by atoms with Gasteiger partial charge >= 0.3 is 5.97 Å². The number of nitrogens with zero attached hydrogens (tertiary/aromatic N) is 1. The highest BCUT2D eigenvalue weighted by Gasteiger charge is 2.20. The Labute approximate surface area is 190 Å². The molecule has 0 aliphatic carbocycles. The second kappa shape index (κ2) is 9.76. The van der Waals surface area contributed by atoms with Crippen molar-refractivity contribution < 1.29 is 19.1 Å². The van der Waals surface area contributed by atoms with E-state index in [1.54, 1.807) is 37.4 Å². The predicted molar refractivity (Wildman–Crippen MR) is 124 cm³/mol. The highest BCUT2D eigenvalue weighted by Crippen LogP contribution is 2.22. The number of Topliss-reactive ketones (excluding diaryl/α,β-unsaturated/α-hetero) is 1. The minimum absolute atomic E-state index is 0.0426. The van der Waals surface area contributed by atoms with Gasteiger partial charge in [-0.05, 0) is 81.8 Å². The third-order valence-corrected chi connectivity index (χ3v) is 5.05. The number of carbonyl (C=O) groups is 2. The number of benzene rings is 1. The molecule has 2 aromatic rings. The quantitative estimate of drug-likeness (QED) is 0.391. The van der Waals surface area contributed by atoms with Crippen LogP contribution >= 0.6 is 22.6 Å². The van der Waals surface area contributed by atoms with Gasteiger partial charge in [0.15, 0.2) is 5.78 Å². The van der Waals surface area contributed by atoms with E-state index < -0.39 is 17.6 Å². The Kier molecular flexibility index (Phi) is 7.85. The molecular weight excluding hydrogens is 497 g/mol. The smallest absolute Gasteiger partial charge is 0.338 e. The summed E-state index contributed by atoms with van der Waals surface area (Å²) in [4.78, 5) is 37.3. The summed E-state index contributed by atoms with van der Waals surface area (Å²) < 4.78 is 13.2. The SMILES string of the molecule is CC(C)Oc1cn(C(C)C(=O)Cc2ccc(C(=O)OC(C)(C)C)cc2)c(=O)cc1I. The van der Waals surface area contributed by atoms with Gasteiger partial charge in [0, 0.05) is 12.5 Å². The Bertz CT molecular complexity index is 971. The Balaban J connectivity index is 2.14. The van der Waals surface area contributed by atoms with E-state index in [2.05, 4.69) is 22.6 Å². The Morgan fingerprint density at radius 1 is 1.10 bits per heavy atom. The largest absolute Gasteiger partial charge is 0.488 e. The summed E-state index contributed by atoms with van der Waals surface area (Å²) in [6.45, 7) is 10.9. The lowest BCUT2D eigenvalue weighted by Crippen LogP contribution is -2.29. The van der Waals surface area contributed by atoms with Crippen LogP contribution in [0.15, 0.2) is 41.3 Å². The van der Waals surface area contributed by atoms with Crippen molar-refractivity contribution in [2.24, 2.45) is 0 Å². The number of ketones is 1. The van der Waals surface area contributed by atoms with Crippen molar-refractivity contribution in [3.05, 3.63) is 61.6 Å². The molecule has 6 nitrogen and oxygen atoms in total. The monoisotopic (exact) mass is 525 g/mol. The van der Waals surface area contributed by atoms with Gasteiger partial charge in [0.25, 0.3) is 5.56 Å². The van der Waals surface area contributed by atoms with Crippen LogP contribution < -0.4 is 10.3 Å². The summed E-state index contributed by atoms with van der Waals surface area (Å²) in [5.41, 5.74) is 0.367. The highest BCUT2D eigenvalue weighted by atomic mass is 127. The van der Waals surface area contributed by atoms with Gasteiger partial charge in [-0.15, -0.1) is 0 Å². The molecule has 1 heterocycles. The summed E-state index contributed by atoms with van der Waals surface area (Å²) in [6.07, 6.45) is 1.70. The van der Waals surface area contributed by atoms with Gasteiger partial charge in [0.2, 0.25) is 0 Å². The number of ether oxygens (including phenoxy) is 2. The van der Waals surface area contributed by atoms with E-state index in [4.69, 9.17) is 9.47 Å². The van der Waals surface area contributed by atoms with Crippen LogP contribution in [-0.2, 0) is 16.0 Å². The molecule has 1 unspecified atom stereocenters. The first-order valence-electron chi connectivity index (χ1n) is 9.80. The van der Waals surface area contributed by atoms with Gasteiger partial charge < -0.3 is 14.0 Å². The first-order chi connectivity index (χ1) is 13.9. The normalized spacial score (nSPS) is 12.5. The standard InChI is InChI=1S/C23H28INO5/c1-14(2)29-20-13-25(21(27)12-18(20)24)15(3)19(26)11-16-7-9-17(10-8-16)22(28)30-23(4,5)6/h7-10,12-15H,11H2,1-6H3. The fraction of sp³-hybridized carbons (Fsp3) is 0.435.